The van der Waals surface area contributed by atoms with Gasteiger partial charge in [0.1, 0.15) is 5.82 Å². The minimum atomic E-state index is -0.334. The highest BCUT2D eigenvalue weighted by Gasteiger charge is 2.20. The average molecular weight is 411 g/mol. The quantitative estimate of drug-likeness (QED) is 0.426. The summed E-state index contributed by atoms with van der Waals surface area (Å²) in [5, 5.41) is 11.9. The molecule has 3 rings (SSSR count). The Hall–Kier alpha value is -2.93. The molecule has 1 aromatic heterocycles. The summed E-state index contributed by atoms with van der Waals surface area (Å²) in [5.41, 5.74) is 1.94. The van der Waals surface area contributed by atoms with E-state index in [0.29, 0.717) is 24.7 Å². The Morgan fingerprint density at radius 3 is 2.62 bits per heavy atom. The first kappa shape index (κ1) is 20.8. The molecule has 0 saturated heterocycles. The van der Waals surface area contributed by atoms with Gasteiger partial charge < -0.3 is 5.32 Å². The molecule has 2 aromatic carbocycles. The lowest BCUT2D eigenvalue weighted by molar-refractivity contribution is -0.120. The van der Waals surface area contributed by atoms with Crippen LogP contribution in [0.4, 0.5) is 4.39 Å². The molecule has 0 bridgehead atoms. The molecule has 0 spiro atoms. The van der Waals surface area contributed by atoms with E-state index in [-0.39, 0.29) is 17.0 Å². The number of nitrogens with one attached hydrogen (secondary N) is 1. The van der Waals surface area contributed by atoms with Crippen molar-refractivity contribution in [1.29, 1.82) is 0 Å². The second kappa shape index (κ2) is 10.0. The van der Waals surface area contributed by atoms with Gasteiger partial charge in [0.2, 0.25) is 5.91 Å². The summed E-state index contributed by atoms with van der Waals surface area (Å²) in [7, 11) is 0. The van der Waals surface area contributed by atoms with Crippen LogP contribution in [0.5, 0.6) is 0 Å². The second-order valence-electron chi connectivity index (χ2n) is 6.50. The fourth-order valence-corrected chi connectivity index (χ4v) is 3.69. The lowest BCUT2D eigenvalue weighted by Gasteiger charge is -2.13. The van der Waals surface area contributed by atoms with E-state index < -0.39 is 0 Å². The van der Waals surface area contributed by atoms with Crippen LogP contribution in [-0.4, -0.2) is 32.5 Å². The number of benzene rings is 2. The van der Waals surface area contributed by atoms with Crippen LogP contribution in [0.3, 0.4) is 0 Å². The van der Waals surface area contributed by atoms with E-state index in [1.54, 1.807) is 18.2 Å². The summed E-state index contributed by atoms with van der Waals surface area (Å²) in [6.07, 6.45) is 2.43. The molecule has 0 aliphatic rings. The molecule has 0 fully saturated rings. The van der Waals surface area contributed by atoms with Crippen LogP contribution in [0.2, 0.25) is 0 Å². The normalized spacial score (nSPS) is 11.8. The van der Waals surface area contributed by atoms with Gasteiger partial charge in [-0.3, -0.25) is 9.36 Å². The largest absolute Gasteiger partial charge is 0.355 e. The molecular formula is C22H23FN4OS. The highest BCUT2D eigenvalue weighted by molar-refractivity contribution is 8.00. The molecule has 0 unspecified atom stereocenters. The topological polar surface area (TPSA) is 59.8 Å². The summed E-state index contributed by atoms with van der Waals surface area (Å²) in [5.74, 6) is 0.407. The molecule has 5 nitrogen and oxygen atoms in total. The number of allylic oxidation sites excluding steroid dienone is 1. The maximum Gasteiger partial charge on any atom is 0.233 e. The van der Waals surface area contributed by atoms with Crippen molar-refractivity contribution in [1.82, 2.24) is 20.1 Å². The molecule has 0 radical (unpaired) electrons. The Morgan fingerprint density at radius 2 is 1.93 bits per heavy atom. The fourth-order valence-electron chi connectivity index (χ4n) is 2.81. The molecule has 1 amide bonds. The molecular weight excluding hydrogens is 387 g/mol. The van der Waals surface area contributed by atoms with Crippen LogP contribution in [0.25, 0.3) is 11.4 Å². The van der Waals surface area contributed by atoms with Crippen LogP contribution in [0, 0.1) is 5.82 Å². The Kier molecular flexibility index (Phi) is 7.19. The molecule has 0 saturated carbocycles. The van der Waals surface area contributed by atoms with Crippen molar-refractivity contribution in [2.45, 2.75) is 30.3 Å². The van der Waals surface area contributed by atoms with Gasteiger partial charge in [-0.2, -0.15) is 0 Å². The Bertz CT molecular complexity index is 957. The predicted octanol–water partition coefficient (Wildman–Crippen LogP) is 4.11. The highest BCUT2D eigenvalue weighted by Crippen LogP contribution is 2.26. The first-order valence-electron chi connectivity index (χ1n) is 9.37. The molecule has 0 aliphatic carbocycles. The molecule has 3 aromatic rings. The molecule has 1 heterocycles. The minimum Gasteiger partial charge on any atom is -0.355 e. The summed E-state index contributed by atoms with van der Waals surface area (Å²) < 4.78 is 14.9. The second-order valence-corrected chi connectivity index (χ2v) is 7.81. The van der Waals surface area contributed by atoms with E-state index in [2.05, 4.69) is 22.1 Å². The van der Waals surface area contributed by atoms with Crippen LogP contribution < -0.4 is 5.32 Å². The molecule has 29 heavy (non-hydrogen) atoms. The van der Waals surface area contributed by atoms with Crippen molar-refractivity contribution in [2.75, 3.05) is 6.54 Å². The summed E-state index contributed by atoms with van der Waals surface area (Å²) in [6, 6.07) is 16.1. The smallest absolute Gasteiger partial charge is 0.233 e. The van der Waals surface area contributed by atoms with Crippen molar-refractivity contribution in [3.8, 4) is 11.4 Å². The molecule has 1 N–H and O–H groups in total. The number of rotatable bonds is 9. The van der Waals surface area contributed by atoms with Gasteiger partial charge in [0.15, 0.2) is 11.0 Å². The van der Waals surface area contributed by atoms with Gasteiger partial charge in [-0.05, 0) is 31.0 Å². The molecule has 150 valence electrons. The summed E-state index contributed by atoms with van der Waals surface area (Å²) in [4.78, 5) is 12.5. The number of nitrogens with zero attached hydrogens (tertiary/aromatic N) is 3. The first-order chi connectivity index (χ1) is 14.1. The standard InChI is InChI=1S/C22H23FN4OS/c1-3-15-27-20(18-7-5-4-6-8-18)25-26-22(27)29-16(2)21(28)24-14-13-17-9-11-19(23)12-10-17/h3-12,16H,1,13-15H2,2H3,(H,24,28)/t16-/m0/s1. The highest BCUT2D eigenvalue weighted by atomic mass is 32.2. The third kappa shape index (κ3) is 5.54. The predicted molar refractivity (Wildman–Crippen MR) is 114 cm³/mol. The number of aromatic nitrogens is 3. The number of hydrogen-bond donors (Lipinski definition) is 1. The first-order valence-corrected chi connectivity index (χ1v) is 10.2. The third-order valence-electron chi connectivity index (χ3n) is 4.34. The van der Waals surface area contributed by atoms with Crippen LogP contribution >= 0.6 is 11.8 Å². The number of thioether (sulfide) groups is 1. The van der Waals surface area contributed by atoms with E-state index in [1.165, 1.54) is 23.9 Å². The maximum absolute atomic E-state index is 13.0. The Balaban J connectivity index is 1.61. The zero-order valence-electron chi connectivity index (χ0n) is 16.2. The van der Waals surface area contributed by atoms with Crippen molar-refractivity contribution < 1.29 is 9.18 Å². The third-order valence-corrected chi connectivity index (χ3v) is 5.42. The van der Waals surface area contributed by atoms with Gasteiger partial charge in [-0.25, -0.2) is 4.39 Å². The average Bonchev–Trinajstić information content (AvgIpc) is 3.12. The lowest BCUT2D eigenvalue weighted by atomic mass is 10.1. The molecule has 0 aliphatic heterocycles. The summed E-state index contributed by atoms with van der Waals surface area (Å²) in [6.45, 7) is 6.70. The van der Waals surface area contributed by atoms with E-state index in [0.717, 1.165) is 17.0 Å². The number of hydrogen-bond acceptors (Lipinski definition) is 4. The zero-order chi connectivity index (χ0) is 20.6. The van der Waals surface area contributed by atoms with E-state index in [1.807, 2.05) is 41.8 Å². The van der Waals surface area contributed by atoms with Gasteiger partial charge in [0.05, 0.1) is 5.25 Å². The maximum atomic E-state index is 13.0. The number of carbonyl (C=O) groups is 1. The monoisotopic (exact) mass is 410 g/mol. The van der Waals surface area contributed by atoms with Gasteiger partial charge in [-0.1, -0.05) is 60.3 Å². The van der Waals surface area contributed by atoms with E-state index in [4.69, 9.17) is 0 Å². The SMILES string of the molecule is C=CCn1c(S[C@@H](C)C(=O)NCCc2ccc(F)cc2)nnc1-c1ccccc1. The van der Waals surface area contributed by atoms with Crippen molar-refractivity contribution in [3.63, 3.8) is 0 Å². The molecule has 1 atom stereocenters. The number of amides is 1. The van der Waals surface area contributed by atoms with Crippen LogP contribution in [0.15, 0.2) is 72.4 Å². The molecule has 7 heteroatoms. The minimum absolute atomic E-state index is 0.0773. The Labute approximate surface area is 174 Å². The van der Waals surface area contributed by atoms with E-state index >= 15 is 0 Å². The Morgan fingerprint density at radius 1 is 1.21 bits per heavy atom. The number of carbonyl (C=O) groups excluding carboxylic acids is 1. The van der Waals surface area contributed by atoms with Gasteiger partial charge in [-0.15, -0.1) is 16.8 Å². The summed E-state index contributed by atoms with van der Waals surface area (Å²) >= 11 is 1.36. The van der Waals surface area contributed by atoms with Gasteiger partial charge >= 0.3 is 0 Å². The van der Waals surface area contributed by atoms with Crippen molar-refractivity contribution in [3.05, 3.63) is 78.6 Å². The zero-order valence-corrected chi connectivity index (χ0v) is 17.0. The van der Waals surface area contributed by atoms with Crippen LogP contribution in [0.1, 0.15) is 12.5 Å². The van der Waals surface area contributed by atoms with Gasteiger partial charge in [0.25, 0.3) is 0 Å². The fraction of sp³-hybridized carbons (Fsp3) is 0.227. The van der Waals surface area contributed by atoms with Crippen molar-refractivity contribution in [2.24, 2.45) is 0 Å². The van der Waals surface area contributed by atoms with Gasteiger partial charge in [0, 0.05) is 18.7 Å². The van der Waals surface area contributed by atoms with E-state index in [9.17, 15) is 9.18 Å². The lowest BCUT2D eigenvalue weighted by Crippen LogP contribution is -2.32. The van der Waals surface area contributed by atoms with Crippen molar-refractivity contribution >= 4 is 17.7 Å². The van der Waals surface area contributed by atoms with Crippen LogP contribution in [-0.2, 0) is 17.8 Å². The number of halogens is 1.